The van der Waals surface area contributed by atoms with E-state index in [1.807, 2.05) is 12.2 Å². The first kappa shape index (κ1) is 15.7. The van der Waals surface area contributed by atoms with Crippen LogP contribution in [0, 0.1) is 23.7 Å². The third-order valence-corrected chi connectivity index (χ3v) is 5.23. The number of carboxylic acid groups (broad SMARTS) is 1. The highest BCUT2D eigenvalue weighted by Gasteiger charge is 2.51. The Hall–Kier alpha value is -2.83. The van der Waals surface area contributed by atoms with Crippen molar-refractivity contribution in [2.45, 2.75) is 6.42 Å². The lowest BCUT2D eigenvalue weighted by Crippen LogP contribution is -2.36. The maximum atomic E-state index is 12.7. The summed E-state index contributed by atoms with van der Waals surface area (Å²) in [6, 6.07) is 6.93. The van der Waals surface area contributed by atoms with Crippen molar-refractivity contribution in [3.05, 3.63) is 36.4 Å². The fourth-order valence-electron chi connectivity index (χ4n) is 4.12. The lowest BCUT2D eigenvalue weighted by molar-refractivity contribution is -0.146. The van der Waals surface area contributed by atoms with Crippen LogP contribution in [-0.4, -0.2) is 36.2 Å². The van der Waals surface area contributed by atoms with Gasteiger partial charge in [0.05, 0.1) is 18.4 Å². The van der Waals surface area contributed by atoms with E-state index in [0.717, 1.165) is 0 Å². The van der Waals surface area contributed by atoms with Gasteiger partial charge >= 0.3 is 12.1 Å². The van der Waals surface area contributed by atoms with Crippen LogP contribution in [0.1, 0.15) is 6.42 Å². The molecule has 7 nitrogen and oxygen atoms in total. The molecule has 1 saturated heterocycles. The molecule has 2 aliphatic carbocycles. The summed E-state index contributed by atoms with van der Waals surface area (Å²) in [5.41, 5.74) is 1.18. The fourth-order valence-corrected chi connectivity index (χ4v) is 4.12. The second-order valence-corrected chi connectivity index (χ2v) is 6.64. The molecule has 7 heteroatoms. The molecule has 25 heavy (non-hydrogen) atoms. The number of aliphatic carboxylic acids is 1. The zero-order valence-corrected chi connectivity index (χ0v) is 13.4. The molecule has 1 aromatic rings. The Kier molecular flexibility index (Phi) is 3.71. The quantitative estimate of drug-likeness (QED) is 0.817. The molecule has 0 radical (unpaired) electrons. The number of ether oxygens (including phenoxy) is 1. The van der Waals surface area contributed by atoms with Gasteiger partial charge in [0.15, 0.2) is 0 Å². The predicted molar refractivity (Wildman–Crippen MR) is 89.1 cm³/mol. The fraction of sp³-hybridized carbons (Fsp3) is 0.389. The highest BCUT2D eigenvalue weighted by molar-refractivity contribution is 5.97. The summed E-state index contributed by atoms with van der Waals surface area (Å²) in [7, 11) is 0. The first-order valence-corrected chi connectivity index (χ1v) is 8.31. The van der Waals surface area contributed by atoms with Gasteiger partial charge in [-0.2, -0.15) is 0 Å². The molecule has 2 N–H and O–H groups in total. The Morgan fingerprint density at radius 1 is 1.20 bits per heavy atom. The molecule has 2 amide bonds. The van der Waals surface area contributed by atoms with Crippen LogP contribution < -0.4 is 10.2 Å². The lowest BCUT2D eigenvalue weighted by Gasteiger charge is -2.24. The SMILES string of the molecule is O=C(O)C1C2C=CC(C2)C1C(=O)Nc1cccc(N2CCOC2=O)c1. The molecule has 2 fully saturated rings. The third kappa shape index (κ3) is 2.65. The number of anilines is 2. The molecule has 1 aliphatic heterocycles. The predicted octanol–water partition coefficient (Wildman–Crippen LogP) is 2.10. The number of carboxylic acids is 1. The van der Waals surface area contributed by atoms with Gasteiger partial charge in [0.25, 0.3) is 0 Å². The maximum absolute atomic E-state index is 12.7. The Bertz CT molecular complexity index is 774. The maximum Gasteiger partial charge on any atom is 0.414 e. The summed E-state index contributed by atoms with van der Waals surface area (Å²) < 4.78 is 4.92. The molecule has 4 unspecified atom stereocenters. The van der Waals surface area contributed by atoms with E-state index in [9.17, 15) is 19.5 Å². The van der Waals surface area contributed by atoms with E-state index >= 15 is 0 Å². The molecule has 2 bridgehead atoms. The number of carbonyl (C=O) groups excluding carboxylic acids is 2. The zero-order chi connectivity index (χ0) is 17.6. The number of allylic oxidation sites excluding steroid dienone is 2. The molecular weight excluding hydrogens is 324 g/mol. The Labute approximate surface area is 144 Å². The normalized spacial score (nSPS) is 29.8. The highest BCUT2D eigenvalue weighted by Crippen LogP contribution is 2.48. The van der Waals surface area contributed by atoms with Crippen molar-refractivity contribution in [2.75, 3.05) is 23.4 Å². The minimum absolute atomic E-state index is 0.0251. The van der Waals surface area contributed by atoms with Gasteiger partial charge in [-0.15, -0.1) is 0 Å². The van der Waals surface area contributed by atoms with Crippen LogP contribution in [0.15, 0.2) is 36.4 Å². The number of hydrogen-bond acceptors (Lipinski definition) is 4. The number of fused-ring (bicyclic) bond motifs is 2. The molecule has 0 spiro atoms. The summed E-state index contributed by atoms with van der Waals surface area (Å²) in [5, 5.41) is 12.3. The lowest BCUT2D eigenvalue weighted by atomic mass is 9.82. The average Bonchev–Trinajstić information content (AvgIpc) is 3.29. The first-order valence-electron chi connectivity index (χ1n) is 8.31. The summed E-state index contributed by atoms with van der Waals surface area (Å²) in [4.78, 5) is 37.4. The summed E-state index contributed by atoms with van der Waals surface area (Å²) in [6.45, 7) is 0.807. The topological polar surface area (TPSA) is 95.9 Å². The molecule has 1 aromatic carbocycles. The van der Waals surface area contributed by atoms with Crippen LogP contribution in [0.4, 0.5) is 16.2 Å². The van der Waals surface area contributed by atoms with E-state index in [1.54, 1.807) is 24.3 Å². The van der Waals surface area contributed by atoms with Crippen molar-refractivity contribution in [2.24, 2.45) is 23.7 Å². The molecule has 130 valence electrons. The number of nitrogens with one attached hydrogen (secondary N) is 1. The molecule has 0 aromatic heterocycles. The number of nitrogens with zero attached hydrogens (tertiary/aromatic N) is 1. The van der Waals surface area contributed by atoms with Gasteiger partial charge in [0, 0.05) is 11.4 Å². The smallest absolute Gasteiger partial charge is 0.414 e. The zero-order valence-electron chi connectivity index (χ0n) is 13.4. The average molecular weight is 342 g/mol. The second-order valence-electron chi connectivity index (χ2n) is 6.64. The minimum atomic E-state index is -0.925. The van der Waals surface area contributed by atoms with E-state index in [2.05, 4.69) is 5.32 Å². The van der Waals surface area contributed by atoms with Gasteiger partial charge in [-0.25, -0.2) is 4.79 Å². The molecule has 1 heterocycles. The van der Waals surface area contributed by atoms with Crippen molar-refractivity contribution < 1.29 is 24.2 Å². The van der Waals surface area contributed by atoms with Crippen molar-refractivity contribution in [1.29, 1.82) is 0 Å². The van der Waals surface area contributed by atoms with Crippen molar-refractivity contribution in [3.8, 4) is 0 Å². The van der Waals surface area contributed by atoms with Gasteiger partial charge in [-0.3, -0.25) is 14.5 Å². The molecule has 3 aliphatic rings. The number of hydrogen-bond donors (Lipinski definition) is 2. The molecular formula is C18H18N2O5. The highest BCUT2D eigenvalue weighted by atomic mass is 16.6. The van der Waals surface area contributed by atoms with Gasteiger partial charge < -0.3 is 15.2 Å². The Balaban J connectivity index is 1.52. The number of benzene rings is 1. The van der Waals surface area contributed by atoms with Crippen LogP contribution in [0.3, 0.4) is 0 Å². The van der Waals surface area contributed by atoms with Crippen LogP contribution in [0.2, 0.25) is 0 Å². The monoisotopic (exact) mass is 342 g/mol. The van der Waals surface area contributed by atoms with Gasteiger partial charge in [-0.05, 0) is 36.5 Å². The number of rotatable bonds is 4. The van der Waals surface area contributed by atoms with Crippen LogP contribution in [0.5, 0.6) is 0 Å². The second kappa shape index (κ2) is 5.91. The van der Waals surface area contributed by atoms with Gasteiger partial charge in [-0.1, -0.05) is 18.2 Å². The summed E-state index contributed by atoms with van der Waals surface area (Å²) in [5.74, 6) is -2.54. The summed E-state index contributed by atoms with van der Waals surface area (Å²) >= 11 is 0. The van der Waals surface area contributed by atoms with Gasteiger partial charge in [0.1, 0.15) is 6.61 Å². The van der Waals surface area contributed by atoms with E-state index in [-0.39, 0.29) is 17.7 Å². The van der Waals surface area contributed by atoms with Gasteiger partial charge in [0.2, 0.25) is 5.91 Å². The summed E-state index contributed by atoms with van der Waals surface area (Å²) in [6.07, 6.45) is 4.17. The van der Waals surface area contributed by atoms with E-state index in [4.69, 9.17) is 4.74 Å². The minimum Gasteiger partial charge on any atom is -0.481 e. The van der Waals surface area contributed by atoms with E-state index in [1.165, 1.54) is 4.90 Å². The van der Waals surface area contributed by atoms with Crippen molar-refractivity contribution >= 4 is 29.3 Å². The standard InChI is InChI=1S/C18H18N2O5/c21-16(14-10-4-5-11(8-10)15(14)17(22)23)19-12-2-1-3-13(9-12)20-6-7-25-18(20)24/h1-5,9-11,14-15H,6-8H2,(H,19,21)(H,22,23). The Morgan fingerprint density at radius 2 is 1.96 bits per heavy atom. The van der Waals surface area contributed by atoms with E-state index in [0.29, 0.717) is 30.9 Å². The van der Waals surface area contributed by atoms with Crippen LogP contribution in [0.25, 0.3) is 0 Å². The number of amides is 2. The molecule has 4 rings (SSSR count). The van der Waals surface area contributed by atoms with Crippen molar-refractivity contribution in [1.82, 2.24) is 0 Å². The van der Waals surface area contributed by atoms with Crippen molar-refractivity contribution in [3.63, 3.8) is 0 Å². The van der Waals surface area contributed by atoms with Crippen LogP contribution in [-0.2, 0) is 14.3 Å². The molecule has 4 atom stereocenters. The first-order chi connectivity index (χ1) is 12.0. The third-order valence-electron chi connectivity index (χ3n) is 5.23. The largest absolute Gasteiger partial charge is 0.481 e. The number of carbonyl (C=O) groups is 3. The van der Waals surface area contributed by atoms with Crippen LogP contribution >= 0.6 is 0 Å². The number of cyclic esters (lactones) is 1. The molecule has 1 saturated carbocycles. The Morgan fingerprint density at radius 3 is 2.64 bits per heavy atom. The van der Waals surface area contributed by atoms with E-state index < -0.39 is 23.9 Å².